The van der Waals surface area contributed by atoms with Gasteiger partial charge in [-0.2, -0.15) is 5.11 Å². The molecule has 2 rings (SSSR count). The van der Waals surface area contributed by atoms with Crippen LogP contribution in [-0.4, -0.2) is 18.8 Å². The van der Waals surface area contributed by atoms with E-state index >= 15 is 0 Å². The molecule has 104 valence electrons. The smallest absolute Gasteiger partial charge is 0.0993 e. The Morgan fingerprint density at radius 2 is 1.50 bits per heavy atom. The molecule has 0 atom stereocenters. The maximum Gasteiger partial charge on any atom is 0.0993 e. The van der Waals surface area contributed by atoms with Crippen molar-refractivity contribution < 1.29 is 0 Å². The standard InChI is InChI=1S/C15H16N2S3/c1-18-12-6-4-5-11(9-12)16-17-14-8-7-13(19-2)10-15(14)20-3/h4-10H,1-3H3. The van der Waals surface area contributed by atoms with Gasteiger partial charge in [-0.3, -0.25) is 0 Å². The number of nitrogens with zero attached hydrogens (tertiary/aromatic N) is 2. The molecule has 0 fully saturated rings. The Morgan fingerprint density at radius 3 is 2.20 bits per heavy atom. The topological polar surface area (TPSA) is 24.7 Å². The SMILES string of the molecule is CSc1cccc(N=Nc2ccc(SC)cc2SC)c1. The quantitative estimate of drug-likeness (QED) is 0.479. The summed E-state index contributed by atoms with van der Waals surface area (Å²) in [7, 11) is 0. The van der Waals surface area contributed by atoms with Crippen molar-refractivity contribution in [3.05, 3.63) is 42.5 Å². The van der Waals surface area contributed by atoms with Crippen LogP contribution in [0.4, 0.5) is 11.4 Å². The van der Waals surface area contributed by atoms with Crippen molar-refractivity contribution in [1.82, 2.24) is 0 Å². The number of azo groups is 1. The van der Waals surface area contributed by atoms with E-state index in [4.69, 9.17) is 0 Å². The maximum absolute atomic E-state index is 4.38. The lowest BCUT2D eigenvalue weighted by Gasteiger charge is -2.04. The summed E-state index contributed by atoms with van der Waals surface area (Å²) in [5, 5.41) is 8.72. The molecule has 0 amide bonds. The van der Waals surface area contributed by atoms with Crippen LogP contribution in [0.15, 0.2) is 67.4 Å². The third-order valence-electron chi connectivity index (χ3n) is 2.71. The third kappa shape index (κ3) is 4.04. The second kappa shape index (κ2) is 7.76. The zero-order valence-corrected chi connectivity index (χ0v) is 14.1. The fourth-order valence-electron chi connectivity index (χ4n) is 1.65. The first-order valence-electron chi connectivity index (χ1n) is 6.04. The summed E-state index contributed by atoms with van der Waals surface area (Å²) in [6.45, 7) is 0. The van der Waals surface area contributed by atoms with E-state index in [1.807, 2.05) is 24.3 Å². The molecule has 0 heterocycles. The molecule has 5 heteroatoms. The minimum atomic E-state index is 0.887. The van der Waals surface area contributed by atoms with Crippen LogP contribution in [0.2, 0.25) is 0 Å². The van der Waals surface area contributed by atoms with E-state index in [1.54, 1.807) is 35.3 Å². The number of benzene rings is 2. The third-order valence-corrected chi connectivity index (χ3v) is 4.93. The number of thioether (sulfide) groups is 3. The average Bonchev–Trinajstić information content (AvgIpc) is 2.52. The Hall–Kier alpha value is -0.910. The lowest BCUT2D eigenvalue weighted by Crippen LogP contribution is -1.75. The van der Waals surface area contributed by atoms with Crippen molar-refractivity contribution in [2.75, 3.05) is 18.8 Å². The van der Waals surface area contributed by atoms with Crippen molar-refractivity contribution in [1.29, 1.82) is 0 Å². The fraction of sp³-hybridized carbons (Fsp3) is 0.200. The highest BCUT2D eigenvalue weighted by molar-refractivity contribution is 7.99. The van der Waals surface area contributed by atoms with Crippen LogP contribution in [0.5, 0.6) is 0 Å². The molecular formula is C15H16N2S3. The Morgan fingerprint density at radius 1 is 0.750 bits per heavy atom. The first-order chi connectivity index (χ1) is 9.76. The zero-order valence-electron chi connectivity index (χ0n) is 11.7. The van der Waals surface area contributed by atoms with Gasteiger partial charge in [-0.05, 0) is 55.2 Å². The average molecular weight is 321 g/mol. The summed E-state index contributed by atoms with van der Waals surface area (Å²) in [6.07, 6.45) is 6.20. The summed E-state index contributed by atoms with van der Waals surface area (Å²) in [4.78, 5) is 3.60. The molecule has 0 aliphatic heterocycles. The van der Waals surface area contributed by atoms with Crippen LogP contribution in [0.25, 0.3) is 0 Å². The van der Waals surface area contributed by atoms with Gasteiger partial charge in [0.1, 0.15) is 0 Å². The Bertz CT molecular complexity index is 612. The molecule has 0 saturated carbocycles. The molecular weight excluding hydrogens is 304 g/mol. The normalized spacial score (nSPS) is 11.2. The molecule has 0 aromatic heterocycles. The van der Waals surface area contributed by atoms with Gasteiger partial charge in [0.15, 0.2) is 0 Å². The lowest BCUT2D eigenvalue weighted by molar-refractivity contribution is 1.17. The highest BCUT2D eigenvalue weighted by Gasteiger charge is 2.02. The molecule has 20 heavy (non-hydrogen) atoms. The number of rotatable bonds is 5. The molecule has 0 aliphatic carbocycles. The van der Waals surface area contributed by atoms with Gasteiger partial charge in [0.25, 0.3) is 0 Å². The van der Waals surface area contributed by atoms with E-state index in [1.165, 1.54) is 9.79 Å². The molecule has 0 radical (unpaired) electrons. The summed E-state index contributed by atoms with van der Waals surface area (Å²) < 4.78 is 0. The van der Waals surface area contributed by atoms with Crippen molar-refractivity contribution in [3.8, 4) is 0 Å². The highest BCUT2D eigenvalue weighted by Crippen LogP contribution is 2.33. The first-order valence-corrected chi connectivity index (χ1v) is 9.72. The van der Waals surface area contributed by atoms with E-state index in [-0.39, 0.29) is 0 Å². The Kier molecular flexibility index (Phi) is 6.01. The Balaban J connectivity index is 2.26. The second-order valence-electron chi connectivity index (χ2n) is 3.94. The van der Waals surface area contributed by atoms with Gasteiger partial charge in [-0.1, -0.05) is 6.07 Å². The van der Waals surface area contributed by atoms with Gasteiger partial charge in [0.2, 0.25) is 0 Å². The van der Waals surface area contributed by atoms with E-state index in [0.29, 0.717) is 0 Å². The predicted molar refractivity (Wildman–Crippen MR) is 92.4 cm³/mol. The van der Waals surface area contributed by atoms with Crippen molar-refractivity contribution in [2.45, 2.75) is 14.7 Å². The number of hydrogen-bond donors (Lipinski definition) is 0. The fourth-order valence-corrected chi connectivity index (χ4v) is 3.18. The maximum atomic E-state index is 4.38. The van der Waals surface area contributed by atoms with E-state index in [9.17, 15) is 0 Å². The largest absolute Gasteiger partial charge is 0.150 e. The van der Waals surface area contributed by atoms with E-state index < -0.39 is 0 Å². The van der Waals surface area contributed by atoms with Gasteiger partial charge >= 0.3 is 0 Å². The molecule has 0 saturated heterocycles. The monoisotopic (exact) mass is 320 g/mol. The molecule has 0 spiro atoms. The molecule has 2 nitrogen and oxygen atoms in total. The Labute approximate surface area is 132 Å². The first kappa shape index (κ1) is 15.5. The van der Waals surface area contributed by atoms with Gasteiger partial charge in [-0.25, -0.2) is 0 Å². The van der Waals surface area contributed by atoms with Crippen molar-refractivity contribution >= 4 is 46.7 Å². The number of hydrogen-bond acceptors (Lipinski definition) is 5. The lowest BCUT2D eigenvalue weighted by atomic mass is 10.3. The molecule has 0 unspecified atom stereocenters. The van der Waals surface area contributed by atoms with Gasteiger partial charge in [0, 0.05) is 14.7 Å². The van der Waals surface area contributed by atoms with Crippen LogP contribution in [0.3, 0.4) is 0 Å². The molecule has 2 aromatic carbocycles. The summed E-state index contributed by atoms with van der Waals surface area (Å²) >= 11 is 5.14. The van der Waals surface area contributed by atoms with Gasteiger partial charge in [0.05, 0.1) is 11.4 Å². The molecule has 0 aliphatic rings. The minimum Gasteiger partial charge on any atom is -0.150 e. The van der Waals surface area contributed by atoms with Crippen LogP contribution >= 0.6 is 35.3 Å². The van der Waals surface area contributed by atoms with Crippen LogP contribution in [0, 0.1) is 0 Å². The molecule has 2 aromatic rings. The van der Waals surface area contributed by atoms with Crippen molar-refractivity contribution in [3.63, 3.8) is 0 Å². The minimum absolute atomic E-state index is 0.887. The van der Waals surface area contributed by atoms with E-state index in [0.717, 1.165) is 16.3 Å². The molecule has 0 bridgehead atoms. The van der Waals surface area contributed by atoms with Gasteiger partial charge < -0.3 is 0 Å². The summed E-state index contributed by atoms with van der Waals surface area (Å²) in [5.41, 5.74) is 1.81. The summed E-state index contributed by atoms with van der Waals surface area (Å²) in [5.74, 6) is 0. The van der Waals surface area contributed by atoms with E-state index in [2.05, 4.69) is 47.2 Å². The zero-order chi connectivity index (χ0) is 14.4. The van der Waals surface area contributed by atoms with Crippen LogP contribution in [0.1, 0.15) is 0 Å². The highest BCUT2D eigenvalue weighted by atomic mass is 32.2. The van der Waals surface area contributed by atoms with Crippen LogP contribution < -0.4 is 0 Å². The van der Waals surface area contributed by atoms with Gasteiger partial charge in [-0.15, -0.1) is 40.4 Å². The van der Waals surface area contributed by atoms with Crippen LogP contribution in [-0.2, 0) is 0 Å². The summed E-state index contributed by atoms with van der Waals surface area (Å²) in [6, 6.07) is 14.4. The van der Waals surface area contributed by atoms with Crippen molar-refractivity contribution in [2.24, 2.45) is 10.2 Å². The second-order valence-corrected chi connectivity index (χ2v) is 6.55. The molecule has 0 N–H and O–H groups in total. The predicted octanol–water partition coefficient (Wildman–Crippen LogP) is 6.27.